The van der Waals surface area contributed by atoms with Crippen LogP contribution in [0, 0.1) is 0 Å². The number of hydrogen-bond donors (Lipinski definition) is 0. The van der Waals surface area contributed by atoms with Gasteiger partial charge in [0.25, 0.3) is 0 Å². The topological polar surface area (TPSA) is 27.7 Å². The fraction of sp³-hybridized carbons (Fsp3) is 0.500. The Labute approximate surface area is 111 Å². The molecule has 1 saturated heterocycles. The van der Waals surface area contributed by atoms with E-state index in [4.69, 9.17) is 0 Å². The summed E-state index contributed by atoms with van der Waals surface area (Å²) >= 11 is 0. The van der Waals surface area contributed by atoms with Crippen LogP contribution in [0.4, 0.5) is 22.0 Å². The van der Waals surface area contributed by atoms with Gasteiger partial charge in [-0.15, -0.1) is 4.89 Å². The van der Waals surface area contributed by atoms with Crippen molar-refractivity contribution in [3.8, 4) is 0 Å². The van der Waals surface area contributed by atoms with E-state index in [0.29, 0.717) is 0 Å². The molecule has 0 bridgehead atoms. The predicted molar refractivity (Wildman–Crippen MR) is 56.4 cm³/mol. The highest BCUT2D eigenvalue weighted by molar-refractivity contribution is 5.14. The lowest BCUT2D eigenvalue weighted by atomic mass is 10.00. The van der Waals surface area contributed by atoms with Gasteiger partial charge in [-0.05, 0) is 18.4 Å². The van der Waals surface area contributed by atoms with E-state index in [1.807, 2.05) is 0 Å². The van der Waals surface area contributed by atoms with E-state index in [9.17, 15) is 22.0 Å². The zero-order valence-electron chi connectivity index (χ0n) is 10.1. The summed E-state index contributed by atoms with van der Waals surface area (Å²) in [6.45, 7) is 0. The summed E-state index contributed by atoms with van der Waals surface area (Å²) in [4.78, 5) is 6.63. The highest BCUT2D eigenvalue weighted by Gasteiger charge is 2.76. The lowest BCUT2D eigenvalue weighted by Gasteiger charge is -2.38. The SMILES string of the molecule is FC1(F)OOOC(F)(CCCc2ccccc2)C1(F)F. The van der Waals surface area contributed by atoms with Gasteiger partial charge in [0.05, 0.1) is 0 Å². The molecule has 1 aliphatic heterocycles. The Morgan fingerprint density at radius 2 is 1.55 bits per heavy atom. The van der Waals surface area contributed by atoms with Crippen molar-refractivity contribution in [1.29, 1.82) is 0 Å². The molecule has 0 amide bonds. The number of rotatable bonds is 4. The first kappa shape index (κ1) is 15.1. The van der Waals surface area contributed by atoms with Gasteiger partial charge in [0.2, 0.25) is 0 Å². The van der Waals surface area contributed by atoms with Gasteiger partial charge in [0.1, 0.15) is 0 Å². The van der Waals surface area contributed by atoms with Gasteiger partial charge in [-0.1, -0.05) is 35.4 Å². The molecule has 1 fully saturated rings. The molecule has 0 saturated carbocycles. The molecule has 0 aromatic heterocycles. The third-order valence-corrected chi connectivity index (χ3v) is 2.95. The molecule has 1 aromatic rings. The van der Waals surface area contributed by atoms with Crippen LogP contribution >= 0.6 is 0 Å². The Hall–Kier alpha value is -1.25. The lowest BCUT2D eigenvalue weighted by molar-refractivity contribution is -0.689. The Morgan fingerprint density at radius 3 is 2.20 bits per heavy atom. The van der Waals surface area contributed by atoms with Gasteiger partial charge >= 0.3 is 17.9 Å². The van der Waals surface area contributed by atoms with E-state index in [0.717, 1.165) is 5.56 Å². The third-order valence-electron chi connectivity index (χ3n) is 2.95. The van der Waals surface area contributed by atoms with Crippen molar-refractivity contribution in [1.82, 2.24) is 0 Å². The maximum absolute atomic E-state index is 13.9. The van der Waals surface area contributed by atoms with E-state index in [2.05, 4.69) is 14.8 Å². The first-order valence-electron chi connectivity index (χ1n) is 5.80. The fourth-order valence-electron chi connectivity index (χ4n) is 1.80. The molecular formula is C12H11F5O3. The minimum atomic E-state index is -5.14. The number of alkyl halides is 5. The second-order valence-electron chi connectivity index (χ2n) is 4.39. The largest absolute Gasteiger partial charge is 0.453 e. The molecule has 8 heteroatoms. The molecule has 1 atom stereocenters. The molecule has 1 heterocycles. The van der Waals surface area contributed by atoms with Crippen molar-refractivity contribution >= 4 is 0 Å². The van der Waals surface area contributed by atoms with Crippen LogP contribution in [0.5, 0.6) is 0 Å². The van der Waals surface area contributed by atoms with Crippen molar-refractivity contribution in [2.24, 2.45) is 0 Å². The quantitative estimate of drug-likeness (QED) is 0.625. The van der Waals surface area contributed by atoms with Crippen molar-refractivity contribution in [3.05, 3.63) is 35.9 Å². The standard InChI is InChI=1S/C12H11F5O3/c13-10(8-4-7-9-5-2-1-3-6-9)11(14,15)12(16,17)19-20-18-10/h1-3,5-6H,4,7-8H2. The Bertz CT molecular complexity index is 454. The van der Waals surface area contributed by atoms with E-state index < -0.39 is 24.3 Å². The minimum Gasteiger partial charge on any atom is -0.202 e. The van der Waals surface area contributed by atoms with Gasteiger partial charge < -0.3 is 0 Å². The summed E-state index contributed by atoms with van der Waals surface area (Å²) in [6.07, 6.45) is -5.95. The molecule has 112 valence electrons. The average Bonchev–Trinajstić information content (AvgIpc) is 2.38. The van der Waals surface area contributed by atoms with Gasteiger partial charge in [-0.3, -0.25) is 0 Å². The van der Waals surface area contributed by atoms with E-state index in [1.165, 1.54) is 0 Å². The number of hydrogen-bond acceptors (Lipinski definition) is 3. The molecule has 0 N–H and O–H groups in total. The minimum absolute atomic E-state index is 0.129. The fourth-order valence-corrected chi connectivity index (χ4v) is 1.80. The summed E-state index contributed by atoms with van der Waals surface area (Å²) in [5.74, 6) is -9.08. The second-order valence-corrected chi connectivity index (χ2v) is 4.39. The number of benzene rings is 1. The zero-order valence-corrected chi connectivity index (χ0v) is 10.1. The summed E-state index contributed by atoms with van der Waals surface area (Å²) in [7, 11) is 0. The van der Waals surface area contributed by atoms with Crippen LogP contribution in [-0.4, -0.2) is 17.9 Å². The average molecular weight is 298 g/mol. The van der Waals surface area contributed by atoms with Gasteiger partial charge in [0.15, 0.2) is 0 Å². The van der Waals surface area contributed by atoms with Crippen LogP contribution < -0.4 is 0 Å². The van der Waals surface area contributed by atoms with Gasteiger partial charge in [0, 0.05) is 6.42 Å². The smallest absolute Gasteiger partial charge is 0.202 e. The Morgan fingerprint density at radius 1 is 0.900 bits per heavy atom. The predicted octanol–water partition coefficient (Wildman–Crippen LogP) is 3.80. The van der Waals surface area contributed by atoms with Gasteiger partial charge in [-0.2, -0.15) is 22.4 Å². The van der Waals surface area contributed by atoms with Crippen LogP contribution in [0.1, 0.15) is 18.4 Å². The van der Waals surface area contributed by atoms with Crippen LogP contribution in [0.25, 0.3) is 0 Å². The summed E-state index contributed by atoms with van der Waals surface area (Å²) < 4.78 is 66.1. The number of aryl methyl sites for hydroxylation is 1. The van der Waals surface area contributed by atoms with Crippen molar-refractivity contribution in [3.63, 3.8) is 0 Å². The Kier molecular flexibility index (Phi) is 3.99. The molecule has 3 nitrogen and oxygen atoms in total. The second kappa shape index (κ2) is 5.27. The number of halogens is 5. The molecule has 1 unspecified atom stereocenters. The monoisotopic (exact) mass is 298 g/mol. The third kappa shape index (κ3) is 2.63. The van der Waals surface area contributed by atoms with Crippen LogP contribution in [0.2, 0.25) is 0 Å². The van der Waals surface area contributed by atoms with Crippen LogP contribution in [0.3, 0.4) is 0 Å². The first-order chi connectivity index (χ1) is 9.29. The van der Waals surface area contributed by atoms with Crippen LogP contribution in [0.15, 0.2) is 30.3 Å². The summed E-state index contributed by atoms with van der Waals surface area (Å²) in [5.41, 5.74) is 0.763. The lowest BCUT2D eigenvalue weighted by Crippen LogP contribution is -2.62. The molecule has 1 aromatic carbocycles. The van der Waals surface area contributed by atoms with Gasteiger partial charge in [-0.25, -0.2) is 4.39 Å². The molecule has 20 heavy (non-hydrogen) atoms. The summed E-state index contributed by atoms with van der Waals surface area (Å²) in [5, 5.41) is 3.33. The molecular weight excluding hydrogens is 287 g/mol. The maximum Gasteiger partial charge on any atom is 0.453 e. The normalized spacial score (nSPS) is 28.2. The zero-order chi connectivity index (χ0) is 14.9. The van der Waals surface area contributed by atoms with Crippen molar-refractivity contribution in [2.45, 2.75) is 37.1 Å². The molecule has 1 aliphatic rings. The van der Waals surface area contributed by atoms with Crippen molar-refractivity contribution < 1.29 is 36.8 Å². The molecule has 0 radical (unpaired) electrons. The maximum atomic E-state index is 13.9. The highest BCUT2D eigenvalue weighted by atomic mass is 19.3. The van der Waals surface area contributed by atoms with E-state index in [-0.39, 0.29) is 12.8 Å². The Balaban J connectivity index is 2.00. The van der Waals surface area contributed by atoms with E-state index in [1.54, 1.807) is 30.3 Å². The van der Waals surface area contributed by atoms with Crippen molar-refractivity contribution in [2.75, 3.05) is 0 Å². The molecule has 0 aliphatic carbocycles. The van der Waals surface area contributed by atoms with Crippen LogP contribution in [-0.2, 0) is 21.2 Å². The molecule has 0 spiro atoms. The van der Waals surface area contributed by atoms with E-state index >= 15 is 0 Å². The first-order valence-corrected chi connectivity index (χ1v) is 5.80. The highest BCUT2D eigenvalue weighted by Crippen LogP contribution is 2.51. The molecule has 2 rings (SSSR count). The summed E-state index contributed by atoms with van der Waals surface area (Å²) in [6, 6.07) is 8.61.